The van der Waals surface area contributed by atoms with Gasteiger partial charge in [0, 0.05) is 18.2 Å². The van der Waals surface area contributed by atoms with Crippen molar-refractivity contribution in [2.75, 3.05) is 33.9 Å². The zero-order valence-corrected chi connectivity index (χ0v) is 20.3. The van der Waals surface area contributed by atoms with E-state index in [4.69, 9.17) is 14.2 Å². The second-order valence-corrected chi connectivity index (χ2v) is 10.5. The van der Waals surface area contributed by atoms with Gasteiger partial charge in [-0.1, -0.05) is 13.8 Å². The van der Waals surface area contributed by atoms with Crippen LogP contribution in [0.25, 0.3) is 11.1 Å². The highest BCUT2D eigenvalue weighted by Gasteiger charge is 2.42. The number of methoxy groups -OCH3 is 2. The number of nitrogens with one attached hydrogen (secondary N) is 1. The standard InChI is InChI=1S/C27H33FN2O4/c1-27(2)14-18-11-21(17-9-19(32-3)12-20(10-17)33-4)23(28)13-22(18)25(27)29-26(31)34-24-15-30-7-5-16(24)6-8-30/h9-13,16,24-25H,5-8,14-15H2,1-4H3,(H,29,31)/t24-,25?/m1/s1. The molecule has 1 unspecified atom stereocenters. The van der Waals surface area contributed by atoms with Crippen LogP contribution in [0.1, 0.15) is 43.9 Å². The largest absolute Gasteiger partial charge is 0.497 e. The highest BCUT2D eigenvalue weighted by Crippen LogP contribution is 2.47. The molecule has 2 atom stereocenters. The molecule has 182 valence electrons. The first-order valence-electron chi connectivity index (χ1n) is 12.0. The minimum Gasteiger partial charge on any atom is -0.497 e. The number of ether oxygens (including phenoxy) is 3. The van der Waals surface area contributed by atoms with Crippen LogP contribution < -0.4 is 14.8 Å². The summed E-state index contributed by atoms with van der Waals surface area (Å²) in [6, 6.07) is 8.49. The molecule has 6 nitrogen and oxygen atoms in total. The number of nitrogens with zero attached hydrogens (tertiary/aromatic N) is 1. The zero-order chi connectivity index (χ0) is 24.0. The minimum atomic E-state index is -0.410. The van der Waals surface area contributed by atoms with Crippen molar-refractivity contribution >= 4 is 6.09 Å². The summed E-state index contributed by atoms with van der Waals surface area (Å²) in [5, 5.41) is 3.07. The highest BCUT2D eigenvalue weighted by molar-refractivity contribution is 5.72. The van der Waals surface area contributed by atoms with Crippen molar-refractivity contribution in [1.29, 1.82) is 0 Å². The van der Waals surface area contributed by atoms with Crippen LogP contribution in [0.5, 0.6) is 11.5 Å². The lowest BCUT2D eigenvalue weighted by atomic mass is 9.85. The summed E-state index contributed by atoms with van der Waals surface area (Å²) in [6.07, 6.45) is 2.42. The molecule has 2 bridgehead atoms. The van der Waals surface area contributed by atoms with Crippen LogP contribution in [-0.2, 0) is 11.2 Å². The number of rotatable bonds is 5. The van der Waals surface area contributed by atoms with E-state index in [9.17, 15) is 4.79 Å². The highest BCUT2D eigenvalue weighted by atomic mass is 19.1. The van der Waals surface area contributed by atoms with Crippen molar-refractivity contribution in [2.45, 2.75) is 45.3 Å². The molecule has 1 aliphatic carbocycles. The molecule has 2 aromatic carbocycles. The van der Waals surface area contributed by atoms with Crippen molar-refractivity contribution in [1.82, 2.24) is 10.2 Å². The topological polar surface area (TPSA) is 60.0 Å². The third-order valence-electron chi connectivity index (χ3n) is 7.75. The van der Waals surface area contributed by atoms with Crippen LogP contribution in [0.2, 0.25) is 0 Å². The van der Waals surface area contributed by atoms with Crippen LogP contribution in [-0.4, -0.2) is 51.0 Å². The molecule has 6 rings (SSSR count). The number of benzene rings is 2. The lowest BCUT2D eigenvalue weighted by molar-refractivity contribution is -0.0349. The van der Waals surface area contributed by atoms with Gasteiger partial charge in [-0.05, 0) is 84.6 Å². The van der Waals surface area contributed by atoms with E-state index in [0.29, 0.717) is 28.5 Å². The lowest BCUT2D eigenvalue weighted by Crippen LogP contribution is -2.53. The van der Waals surface area contributed by atoms with Gasteiger partial charge in [-0.3, -0.25) is 4.90 Å². The van der Waals surface area contributed by atoms with E-state index in [0.717, 1.165) is 50.0 Å². The molecule has 4 aliphatic rings. The molecule has 2 aromatic rings. The molecule has 7 heteroatoms. The van der Waals surface area contributed by atoms with Crippen LogP contribution in [0, 0.1) is 17.2 Å². The first kappa shape index (κ1) is 23.0. The van der Waals surface area contributed by atoms with Crippen molar-refractivity contribution in [3.05, 3.63) is 47.3 Å². The number of carbonyl (C=O) groups excluding carboxylic acids is 1. The predicted octanol–water partition coefficient (Wildman–Crippen LogP) is 4.95. The Morgan fingerprint density at radius 1 is 1.06 bits per heavy atom. The van der Waals surface area contributed by atoms with Gasteiger partial charge < -0.3 is 19.5 Å². The summed E-state index contributed by atoms with van der Waals surface area (Å²) in [6.45, 7) is 7.19. The molecule has 3 saturated heterocycles. The van der Waals surface area contributed by atoms with Gasteiger partial charge in [0.15, 0.2) is 0 Å². The molecule has 34 heavy (non-hydrogen) atoms. The van der Waals surface area contributed by atoms with E-state index in [1.165, 1.54) is 0 Å². The van der Waals surface area contributed by atoms with Crippen molar-refractivity contribution in [3.63, 3.8) is 0 Å². The summed E-state index contributed by atoms with van der Waals surface area (Å²) in [5.41, 5.74) is 2.74. The van der Waals surface area contributed by atoms with Gasteiger partial charge in [0.2, 0.25) is 0 Å². The van der Waals surface area contributed by atoms with E-state index in [1.54, 1.807) is 38.5 Å². The van der Waals surface area contributed by atoms with Crippen LogP contribution >= 0.6 is 0 Å². The molecular weight excluding hydrogens is 435 g/mol. The van der Waals surface area contributed by atoms with Crippen molar-refractivity contribution < 1.29 is 23.4 Å². The van der Waals surface area contributed by atoms with Gasteiger partial charge in [-0.15, -0.1) is 0 Å². The summed E-state index contributed by atoms with van der Waals surface area (Å²) in [5.74, 6) is 1.30. The van der Waals surface area contributed by atoms with Gasteiger partial charge in [0.1, 0.15) is 23.4 Å². The smallest absolute Gasteiger partial charge is 0.407 e. The molecule has 0 spiro atoms. The molecule has 0 saturated carbocycles. The zero-order valence-electron chi connectivity index (χ0n) is 20.3. The fourth-order valence-electron chi connectivity index (χ4n) is 5.86. The Bertz CT molecular complexity index is 1070. The summed E-state index contributed by atoms with van der Waals surface area (Å²) in [4.78, 5) is 15.2. The van der Waals surface area contributed by atoms with Crippen LogP contribution in [0.4, 0.5) is 9.18 Å². The maximum Gasteiger partial charge on any atom is 0.407 e. The van der Waals surface area contributed by atoms with Gasteiger partial charge in [0.05, 0.1) is 20.3 Å². The second-order valence-electron chi connectivity index (χ2n) is 10.5. The van der Waals surface area contributed by atoms with Crippen LogP contribution in [0.3, 0.4) is 0 Å². The Balaban J connectivity index is 1.39. The molecule has 0 aromatic heterocycles. The molecule has 3 heterocycles. The average Bonchev–Trinajstić information content (AvgIpc) is 3.07. The number of hydrogen-bond acceptors (Lipinski definition) is 5. The third kappa shape index (κ3) is 4.22. The molecule has 1 amide bonds. The second kappa shape index (κ2) is 8.77. The molecule has 1 N–H and O–H groups in total. The molecule has 3 fully saturated rings. The minimum absolute atomic E-state index is 0.0614. The Hall–Kier alpha value is -2.80. The van der Waals surface area contributed by atoms with Gasteiger partial charge >= 0.3 is 6.09 Å². The monoisotopic (exact) mass is 468 g/mol. The number of halogens is 1. The number of alkyl carbamates (subject to hydrolysis) is 1. The molecule has 3 aliphatic heterocycles. The first-order valence-corrected chi connectivity index (χ1v) is 12.0. The molecule has 0 radical (unpaired) electrons. The van der Waals surface area contributed by atoms with Crippen LogP contribution in [0.15, 0.2) is 30.3 Å². The van der Waals surface area contributed by atoms with Crippen molar-refractivity contribution in [2.24, 2.45) is 11.3 Å². The maximum atomic E-state index is 15.4. The van der Waals surface area contributed by atoms with Gasteiger partial charge in [0.25, 0.3) is 0 Å². The molecular formula is C27H33FN2O4. The SMILES string of the molecule is COc1cc(OC)cc(-c2cc3c(cc2F)C(NC(=O)O[C@@H]2CN4CCC2CC4)C(C)(C)C3)c1. The number of piperidine rings is 3. The Labute approximate surface area is 200 Å². The number of amides is 1. The summed E-state index contributed by atoms with van der Waals surface area (Å²) in [7, 11) is 3.15. The van der Waals surface area contributed by atoms with Gasteiger partial charge in [-0.2, -0.15) is 0 Å². The quantitative estimate of drug-likeness (QED) is 0.673. The normalized spacial score (nSPS) is 26.6. The third-order valence-corrected chi connectivity index (χ3v) is 7.75. The van der Waals surface area contributed by atoms with E-state index < -0.39 is 6.09 Å². The number of carbonyl (C=O) groups is 1. The van der Waals surface area contributed by atoms with Gasteiger partial charge in [-0.25, -0.2) is 9.18 Å². The van der Waals surface area contributed by atoms with E-state index in [-0.39, 0.29) is 23.4 Å². The number of fused-ring (bicyclic) bond motifs is 4. The fourth-order valence-corrected chi connectivity index (χ4v) is 5.86. The summed E-state index contributed by atoms with van der Waals surface area (Å²) >= 11 is 0. The predicted molar refractivity (Wildman–Crippen MR) is 128 cm³/mol. The lowest BCUT2D eigenvalue weighted by Gasteiger charge is -2.44. The van der Waals surface area contributed by atoms with E-state index >= 15 is 4.39 Å². The number of hydrogen-bond donors (Lipinski definition) is 1. The Kier molecular flexibility index (Phi) is 5.92. The van der Waals surface area contributed by atoms with Crippen molar-refractivity contribution in [3.8, 4) is 22.6 Å². The Morgan fingerprint density at radius 2 is 1.74 bits per heavy atom. The summed E-state index contributed by atoms with van der Waals surface area (Å²) < 4.78 is 32.0. The maximum absolute atomic E-state index is 15.4. The fraction of sp³-hybridized carbons (Fsp3) is 0.519. The first-order chi connectivity index (χ1) is 16.3. The van der Waals surface area contributed by atoms with E-state index in [2.05, 4.69) is 24.1 Å². The average molecular weight is 469 g/mol. The van der Waals surface area contributed by atoms with E-state index in [1.807, 2.05) is 6.07 Å². The Morgan fingerprint density at radius 3 is 2.32 bits per heavy atom.